The predicted octanol–water partition coefficient (Wildman–Crippen LogP) is 3.82. The Morgan fingerprint density at radius 3 is 2.31 bits per heavy atom. The molecule has 0 fully saturated rings. The van der Waals surface area contributed by atoms with E-state index in [0.29, 0.717) is 5.70 Å². The highest BCUT2D eigenvalue weighted by atomic mass is 16.4. The number of hydrogen-bond acceptors (Lipinski definition) is 5. The number of aliphatic imine (C=N–C) groups is 1. The molecule has 0 aliphatic carbocycles. The topological polar surface area (TPSA) is 93.3 Å². The zero-order chi connectivity index (χ0) is 19.9. The highest BCUT2D eigenvalue weighted by Crippen LogP contribution is 2.16. The van der Waals surface area contributed by atoms with Crippen LogP contribution in [-0.4, -0.2) is 37.0 Å². The summed E-state index contributed by atoms with van der Waals surface area (Å²) in [6, 6.07) is 5.81. The van der Waals surface area contributed by atoms with Crippen LogP contribution < -0.4 is 0 Å². The van der Waals surface area contributed by atoms with Crippen molar-refractivity contribution in [1.29, 1.82) is 0 Å². The molecule has 140 valence electrons. The Bertz CT molecular complexity index is 803. The number of aryl methyl sites for hydroxylation is 1. The predicted molar refractivity (Wildman–Crippen MR) is 103 cm³/mol. The lowest BCUT2D eigenvalue weighted by atomic mass is 10.1. The lowest BCUT2D eigenvalue weighted by molar-refractivity contribution is -0.132. The van der Waals surface area contributed by atoms with Gasteiger partial charge in [0, 0.05) is 11.4 Å². The van der Waals surface area contributed by atoms with E-state index >= 15 is 0 Å². The number of carbonyl (C=O) groups is 1. The fourth-order valence-corrected chi connectivity index (χ4v) is 1.91. The Labute approximate surface area is 154 Å². The van der Waals surface area contributed by atoms with Crippen molar-refractivity contribution >= 4 is 11.7 Å². The van der Waals surface area contributed by atoms with Crippen molar-refractivity contribution in [3.05, 3.63) is 46.9 Å². The first-order valence-corrected chi connectivity index (χ1v) is 8.44. The van der Waals surface area contributed by atoms with Gasteiger partial charge in [-0.1, -0.05) is 32.9 Å². The van der Waals surface area contributed by atoms with Crippen molar-refractivity contribution in [3.8, 4) is 5.69 Å². The molecule has 0 atom stereocenters. The van der Waals surface area contributed by atoms with E-state index in [4.69, 9.17) is 5.11 Å². The first kappa shape index (κ1) is 21.2. The lowest BCUT2D eigenvalue weighted by Crippen LogP contribution is -2.04. The molecule has 0 saturated heterocycles. The van der Waals surface area contributed by atoms with Gasteiger partial charge in [-0.25, -0.2) is 9.48 Å². The van der Waals surface area contributed by atoms with E-state index in [1.807, 2.05) is 32.0 Å². The number of tetrazole rings is 1. The molecule has 1 aromatic carbocycles. The van der Waals surface area contributed by atoms with Gasteiger partial charge in [0.05, 0.1) is 11.3 Å². The van der Waals surface area contributed by atoms with Crippen molar-refractivity contribution in [3.63, 3.8) is 0 Å². The second-order valence-corrected chi connectivity index (χ2v) is 6.70. The van der Waals surface area contributed by atoms with Crippen LogP contribution in [-0.2, 0) is 4.79 Å². The van der Waals surface area contributed by atoms with Crippen molar-refractivity contribution in [2.75, 3.05) is 0 Å². The van der Waals surface area contributed by atoms with Gasteiger partial charge < -0.3 is 5.11 Å². The normalized spacial score (nSPS) is 12.4. The molecular weight excluding hydrogens is 330 g/mol. The molecule has 0 aliphatic rings. The Morgan fingerprint density at radius 1 is 1.19 bits per heavy atom. The number of rotatable bonds is 4. The summed E-state index contributed by atoms with van der Waals surface area (Å²) in [6.07, 6.45) is 1.53. The number of benzene rings is 1. The minimum absolute atomic E-state index is 0.229. The molecule has 2 rings (SSSR count). The van der Waals surface area contributed by atoms with Gasteiger partial charge in [-0.05, 0) is 61.2 Å². The first-order valence-electron chi connectivity index (χ1n) is 8.44. The van der Waals surface area contributed by atoms with Crippen LogP contribution in [0.2, 0.25) is 0 Å². The van der Waals surface area contributed by atoms with Gasteiger partial charge in [-0.15, -0.1) is 5.10 Å². The van der Waals surface area contributed by atoms with Crippen molar-refractivity contribution < 1.29 is 9.90 Å². The molecule has 0 amide bonds. The fraction of sp³-hybridized carbons (Fsp3) is 0.421. The Morgan fingerprint density at radius 2 is 1.81 bits per heavy atom. The molecule has 0 spiro atoms. The number of aromatic nitrogens is 4. The van der Waals surface area contributed by atoms with Crippen molar-refractivity contribution in [2.24, 2.45) is 10.9 Å². The van der Waals surface area contributed by atoms with E-state index in [2.05, 4.69) is 41.3 Å². The van der Waals surface area contributed by atoms with Crippen LogP contribution in [0.15, 0.2) is 40.8 Å². The van der Waals surface area contributed by atoms with Crippen molar-refractivity contribution in [1.82, 2.24) is 20.2 Å². The number of hydrogen-bond donors (Lipinski definition) is 1. The van der Waals surface area contributed by atoms with E-state index in [1.165, 1.54) is 13.3 Å². The second kappa shape index (κ2) is 9.60. The van der Waals surface area contributed by atoms with E-state index in [-0.39, 0.29) is 5.57 Å². The van der Waals surface area contributed by atoms with Crippen LogP contribution in [0.5, 0.6) is 0 Å². The zero-order valence-corrected chi connectivity index (χ0v) is 16.5. The van der Waals surface area contributed by atoms with Crippen LogP contribution in [0.3, 0.4) is 0 Å². The summed E-state index contributed by atoms with van der Waals surface area (Å²) in [5.41, 5.74) is 4.20. The van der Waals surface area contributed by atoms with Gasteiger partial charge in [-0.3, -0.25) is 4.99 Å². The third-order valence-electron chi connectivity index (χ3n) is 3.42. The largest absolute Gasteiger partial charge is 0.478 e. The monoisotopic (exact) mass is 357 g/mol. The van der Waals surface area contributed by atoms with Crippen LogP contribution in [0, 0.1) is 12.8 Å². The Hall–Kier alpha value is -2.83. The van der Waals surface area contributed by atoms with E-state index < -0.39 is 5.97 Å². The zero-order valence-electron chi connectivity index (χ0n) is 16.5. The SMILES string of the molecule is CC(=N/C(C)=C(\C)C(=O)O)c1ccc(C)c(-n2cnnn2)c1.CC(C)C. The fourth-order valence-electron chi connectivity index (χ4n) is 1.91. The minimum atomic E-state index is -0.965. The van der Waals surface area contributed by atoms with Crippen LogP contribution >= 0.6 is 0 Å². The molecule has 7 heteroatoms. The van der Waals surface area contributed by atoms with E-state index in [0.717, 1.165) is 28.4 Å². The molecule has 0 radical (unpaired) electrons. The van der Waals surface area contributed by atoms with Crippen molar-refractivity contribution in [2.45, 2.75) is 48.5 Å². The third-order valence-corrected chi connectivity index (χ3v) is 3.42. The van der Waals surface area contributed by atoms with Gasteiger partial charge in [0.2, 0.25) is 0 Å². The van der Waals surface area contributed by atoms with Crippen LogP contribution in [0.1, 0.15) is 52.7 Å². The molecule has 1 aromatic heterocycles. The van der Waals surface area contributed by atoms with Gasteiger partial charge in [-0.2, -0.15) is 0 Å². The summed E-state index contributed by atoms with van der Waals surface area (Å²) in [7, 11) is 0. The summed E-state index contributed by atoms with van der Waals surface area (Å²) in [5.74, 6) is -0.132. The first-order chi connectivity index (χ1) is 12.1. The quantitative estimate of drug-likeness (QED) is 0.663. The third kappa shape index (κ3) is 6.23. The highest BCUT2D eigenvalue weighted by molar-refractivity contribution is 6.00. The minimum Gasteiger partial charge on any atom is -0.478 e. The molecule has 26 heavy (non-hydrogen) atoms. The average Bonchev–Trinajstić information content (AvgIpc) is 3.07. The van der Waals surface area contributed by atoms with Gasteiger partial charge >= 0.3 is 5.97 Å². The van der Waals surface area contributed by atoms with Gasteiger partial charge in [0.25, 0.3) is 0 Å². The maximum Gasteiger partial charge on any atom is 0.333 e. The number of carboxylic acids is 1. The number of nitrogens with zero attached hydrogens (tertiary/aromatic N) is 5. The molecule has 2 aromatic rings. The maximum atomic E-state index is 11.0. The lowest BCUT2D eigenvalue weighted by Gasteiger charge is -2.08. The van der Waals surface area contributed by atoms with Crippen LogP contribution in [0.4, 0.5) is 0 Å². The molecular formula is C19H27N5O2. The number of allylic oxidation sites excluding steroid dienone is 1. The average molecular weight is 357 g/mol. The van der Waals surface area contributed by atoms with Crippen LogP contribution in [0.25, 0.3) is 5.69 Å². The summed E-state index contributed by atoms with van der Waals surface area (Å²) in [5, 5.41) is 20.1. The van der Waals surface area contributed by atoms with E-state index in [1.54, 1.807) is 11.6 Å². The molecule has 0 saturated carbocycles. The molecule has 0 unspecified atom stereocenters. The smallest absolute Gasteiger partial charge is 0.333 e. The molecule has 7 nitrogen and oxygen atoms in total. The molecule has 0 aliphatic heterocycles. The summed E-state index contributed by atoms with van der Waals surface area (Å²) < 4.78 is 1.58. The van der Waals surface area contributed by atoms with E-state index in [9.17, 15) is 4.79 Å². The Balaban J connectivity index is 0.000000765. The Kier molecular flexibility index (Phi) is 7.83. The second-order valence-electron chi connectivity index (χ2n) is 6.70. The summed E-state index contributed by atoms with van der Waals surface area (Å²) in [6.45, 7) is 13.5. The highest BCUT2D eigenvalue weighted by Gasteiger charge is 2.08. The molecule has 1 N–H and O–H groups in total. The molecule has 1 heterocycles. The summed E-state index contributed by atoms with van der Waals surface area (Å²) >= 11 is 0. The standard InChI is InChI=1S/C15H17N5O2.C4H10/c1-9-5-6-13(7-14(9)20-8-16-18-19-20)12(4)17-11(3)10(2)15(21)22;1-4(2)3/h5-8H,1-4H3,(H,21,22);4H,1-3H3/b11-10+,17-12?;. The summed E-state index contributed by atoms with van der Waals surface area (Å²) in [4.78, 5) is 15.3. The number of carboxylic acid groups (broad SMARTS) is 1. The van der Waals surface area contributed by atoms with Gasteiger partial charge in [0.15, 0.2) is 0 Å². The number of aliphatic carboxylic acids is 1. The van der Waals surface area contributed by atoms with Gasteiger partial charge in [0.1, 0.15) is 6.33 Å². The maximum absolute atomic E-state index is 11.0. The molecule has 0 bridgehead atoms.